The number of hydrogen-bond donors (Lipinski definition) is 8. The van der Waals surface area contributed by atoms with Gasteiger partial charge in [-0.25, -0.2) is 0 Å². The van der Waals surface area contributed by atoms with E-state index in [1.807, 2.05) is 0 Å². The van der Waals surface area contributed by atoms with Crippen LogP contribution in [0.5, 0.6) is 0 Å². The monoisotopic (exact) mass is 226 g/mol. The topological polar surface area (TPSA) is 204 Å². The van der Waals surface area contributed by atoms with Crippen LogP contribution in [0.15, 0.2) is 24.3 Å². The summed E-state index contributed by atoms with van der Waals surface area (Å²) >= 11 is 0. The SMILES string of the molecule is N=C(N)c1cccc(C(=N)N)c1.NN.NN. The molecule has 8 heteroatoms. The maximum Gasteiger partial charge on any atom is 0.122 e. The number of nitrogens with one attached hydrogen (secondary N) is 2. The summed E-state index contributed by atoms with van der Waals surface area (Å²) in [6.45, 7) is 0. The standard InChI is InChI=1S/C8H10N4.2H4N2/c9-7(10)5-2-1-3-6(4-5)8(11)12;2*1-2/h1-4H,(H3,9,10)(H3,11,12);2*1-2H2. The van der Waals surface area contributed by atoms with Crippen molar-refractivity contribution in [3.05, 3.63) is 35.4 Å². The van der Waals surface area contributed by atoms with Crippen molar-refractivity contribution in [2.24, 2.45) is 34.8 Å². The molecule has 0 fully saturated rings. The van der Waals surface area contributed by atoms with Gasteiger partial charge in [0.25, 0.3) is 0 Å². The van der Waals surface area contributed by atoms with E-state index in [1.165, 1.54) is 0 Å². The van der Waals surface area contributed by atoms with E-state index in [4.69, 9.17) is 22.3 Å². The second-order valence-corrected chi connectivity index (χ2v) is 2.41. The van der Waals surface area contributed by atoms with Crippen LogP contribution in [0.25, 0.3) is 0 Å². The Labute approximate surface area is 93.5 Å². The number of hydrazine groups is 2. The van der Waals surface area contributed by atoms with E-state index in [0.717, 1.165) is 0 Å². The predicted octanol–water partition coefficient (Wildman–Crippen LogP) is -2.11. The molecule has 0 saturated heterocycles. The van der Waals surface area contributed by atoms with Crippen LogP contribution in [0.2, 0.25) is 0 Å². The number of nitrogens with two attached hydrogens (primary N) is 6. The minimum Gasteiger partial charge on any atom is -0.384 e. The molecule has 0 aliphatic heterocycles. The predicted molar refractivity (Wildman–Crippen MR) is 65.2 cm³/mol. The molecule has 0 aliphatic rings. The van der Waals surface area contributed by atoms with Crippen LogP contribution < -0.4 is 34.8 Å². The maximum atomic E-state index is 7.14. The number of nitrogen functional groups attached to an aromatic ring is 2. The van der Waals surface area contributed by atoms with E-state index in [0.29, 0.717) is 11.1 Å². The molecule has 0 spiro atoms. The molecule has 90 valence electrons. The molecule has 0 atom stereocenters. The van der Waals surface area contributed by atoms with Gasteiger partial charge in [-0.15, -0.1) is 0 Å². The maximum absolute atomic E-state index is 7.14. The normalized spacial score (nSPS) is 7.75. The molecule has 1 rings (SSSR count). The van der Waals surface area contributed by atoms with Crippen LogP contribution in [0.4, 0.5) is 0 Å². The zero-order valence-corrected chi connectivity index (χ0v) is 8.77. The van der Waals surface area contributed by atoms with Gasteiger partial charge < -0.3 is 11.5 Å². The zero-order chi connectivity index (χ0) is 13.1. The van der Waals surface area contributed by atoms with Gasteiger partial charge in [0.05, 0.1) is 0 Å². The first-order valence-corrected chi connectivity index (χ1v) is 4.07. The highest BCUT2D eigenvalue weighted by Crippen LogP contribution is 2.03. The van der Waals surface area contributed by atoms with E-state index in [1.54, 1.807) is 24.3 Å². The second kappa shape index (κ2) is 9.55. The Balaban J connectivity index is 0. The Hall–Kier alpha value is -2.00. The summed E-state index contributed by atoms with van der Waals surface area (Å²) in [6.07, 6.45) is 0. The number of rotatable bonds is 2. The largest absolute Gasteiger partial charge is 0.384 e. The van der Waals surface area contributed by atoms with Gasteiger partial charge in [0.1, 0.15) is 11.7 Å². The van der Waals surface area contributed by atoms with Gasteiger partial charge in [0.2, 0.25) is 0 Å². The first-order chi connectivity index (χ1) is 7.61. The van der Waals surface area contributed by atoms with Crippen LogP contribution in [0.1, 0.15) is 11.1 Å². The fourth-order valence-corrected chi connectivity index (χ4v) is 0.854. The van der Waals surface area contributed by atoms with Crippen molar-refractivity contribution in [2.45, 2.75) is 0 Å². The van der Waals surface area contributed by atoms with E-state index in [9.17, 15) is 0 Å². The van der Waals surface area contributed by atoms with Gasteiger partial charge in [0.15, 0.2) is 0 Å². The zero-order valence-electron chi connectivity index (χ0n) is 8.77. The first-order valence-electron chi connectivity index (χ1n) is 4.07. The Morgan fingerprint density at radius 3 is 1.38 bits per heavy atom. The molecule has 0 radical (unpaired) electrons. The minimum atomic E-state index is -0.0156. The van der Waals surface area contributed by atoms with E-state index >= 15 is 0 Å². The third-order valence-electron chi connectivity index (χ3n) is 1.48. The molecule has 0 amide bonds. The lowest BCUT2D eigenvalue weighted by Crippen LogP contribution is -2.15. The summed E-state index contributed by atoms with van der Waals surface area (Å²) in [4.78, 5) is 0. The molecule has 16 heavy (non-hydrogen) atoms. The molecular formula is C8H18N8. The number of benzene rings is 1. The third-order valence-corrected chi connectivity index (χ3v) is 1.48. The summed E-state index contributed by atoms with van der Waals surface area (Å²) in [5, 5.41) is 14.3. The van der Waals surface area contributed by atoms with Gasteiger partial charge in [-0.3, -0.25) is 34.2 Å². The summed E-state index contributed by atoms with van der Waals surface area (Å²) in [5.41, 5.74) is 11.7. The van der Waals surface area contributed by atoms with Crippen molar-refractivity contribution in [2.75, 3.05) is 0 Å². The third kappa shape index (κ3) is 5.67. The van der Waals surface area contributed by atoms with Crippen LogP contribution in [-0.4, -0.2) is 11.7 Å². The van der Waals surface area contributed by atoms with Crippen molar-refractivity contribution < 1.29 is 0 Å². The van der Waals surface area contributed by atoms with Gasteiger partial charge >= 0.3 is 0 Å². The second-order valence-electron chi connectivity index (χ2n) is 2.41. The Bertz CT molecular complexity index is 305. The molecule has 0 aliphatic carbocycles. The smallest absolute Gasteiger partial charge is 0.122 e. The molecule has 1 aromatic rings. The summed E-state index contributed by atoms with van der Waals surface area (Å²) < 4.78 is 0. The number of amidine groups is 2. The fourth-order valence-electron chi connectivity index (χ4n) is 0.854. The quantitative estimate of drug-likeness (QED) is 0.122. The highest BCUT2D eigenvalue weighted by molar-refractivity contribution is 6.00. The number of hydrogen-bond acceptors (Lipinski definition) is 6. The van der Waals surface area contributed by atoms with E-state index < -0.39 is 0 Å². The first kappa shape index (κ1) is 16.4. The molecular weight excluding hydrogens is 208 g/mol. The molecule has 0 unspecified atom stereocenters. The van der Waals surface area contributed by atoms with Crippen LogP contribution in [0.3, 0.4) is 0 Å². The summed E-state index contributed by atoms with van der Waals surface area (Å²) in [6, 6.07) is 6.74. The van der Waals surface area contributed by atoms with Gasteiger partial charge in [0, 0.05) is 11.1 Å². The Kier molecular flexibility index (Phi) is 9.81. The molecule has 14 N–H and O–H groups in total. The lowest BCUT2D eigenvalue weighted by molar-refractivity contribution is 1.26. The molecule has 0 bridgehead atoms. The highest BCUT2D eigenvalue weighted by Gasteiger charge is 1.99. The summed E-state index contributed by atoms with van der Waals surface area (Å²) in [7, 11) is 0. The average molecular weight is 226 g/mol. The van der Waals surface area contributed by atoms with Crippen molar-refractivity contribution in [3.63, 3.8) is 0 Å². The van der Waals surface area contributed by atoms with Crippen LogP contribution in [0, 0.1) is 10.8 Å². The Morgan fingerprint density at radius 1 is 0.812 bits per heavy atom. The lowest BCUT2D eigenvalue weighted by Gasteiger charge is -2.00. The van der Waals surface area contributed by atoms with Crippen molar-refractivity contribution >= 4 is 11.7 Å². The van der Waals surface area contributed by atoms with E-state index in [-0.39, 0.29) is 11.7 Å². The molecule has 0 heterocycles. The highest BCUT2D eigenvalue weighted by atomic mass is 15.0. The van der Waals surface area contributed by atoms with Crippen LogP contribution >= 0.6 is 0 Å². The van der Waals surface area contributed by atoms with Crippen LogP contribution in [-0.2, 0) is 0 Å². The lowest BCUT2D eigenvalue weighted by atomic mass is 10.1. The van der Waals surface area contributed by atoms with Crippen molar-refractivity contribution in [1.82, 2.24) is 0 Å². The van der Waals surface area contributed by atoms with Gasteiger partial charge in [-0.1, -0.05) is 18.2 Å². The molecule has 0 saturated carbocycles. The van der Waals surface area contributed by atoms with Crippen molar-refractivity contribution in [3.8, 4) is 0 Å². The molecule has 1 aromatic carbocycles. The summed E-state index contributed by atoms with van der Waals surface area (Å²) in [5.74, 6) is 16.0. The average Bonchev–Trinajstić information content (AvgIpc) is 2.34. The fraction of sp³-hybridized carbons (Fsp3) is 0. The Morgan fingerprint density at radius 2 is 1.12 bits per heavy atom. The van der Waals surface area contributed by atoms with Crippen molar-refractivity contribution in [1.29, 1.82) is 10.8 Å². The van der Waals surface area contributed by atoms with Gasteiger partial charge in [-0.05, 0) is 6.07 Å². The van der Waals surface area contributed by atoms with Gasteiger partial charge in [-0.2, -0.15) is 0 Å². The van der Waals surface area contributed by atoms with E-state index in [2.05, 4.69) is 23.4 Å². The minimum absolute atomic E-state index is 0.0156. The molecule has 0 aromatic heterocycles. The molecule has 8 nitrogen and oxygen atoms in total.